The standard InChI is InChI=1S/C35H31FN4O/c36-30-16-17-32(31(25-30)34(37)26-18-19-38-33(24-26)40-20-22-41-23-21-40)39-35(27-10-4-1-5-11-27,28-12-6-2-7-13-28)29-14-8-3-9-15-29/h1-19,24-25,37,39H,20-23H2. The van der Waals surface area contributed by atoms with Crippen LogP contribution in [0, 0.1) is 11.2 Å². The van der Waals surface area contributed by atoms with Crippen LogP contribution in [0.5, 0.6) is 0 Å². The summed E-state index contributed by atoms with van der Waals surface area (Å²) in [5.41, 5.74) is 4.27. The summed E-state index contributed by atoms with van der Waals surface area (Å²) in [4.78, 5) is 6.69. The highest BCUT2D eigenvalue weighted by Crippen LogP contribution is 2.41. The normalized spacial score (nSPS) is 13.5. The van der Waals surface area contributed by atoms with Gasteiger partial charge in [0.2, 0.25) is 0 Å². The van der Waals surface area contributed by atoms with E-state index in [1.807, 2.05) is 60.7 Å². The zero-order chi connectivity index (χ0) is 28.1. The van der Waals surface area contributed by atoms with Crippen LogP contribution in [0.2, 0.25) is 0 Å². The monoisotopic (exact) mass is 542 g/mol. The van der Waals surface area contributed by atoms with Crippen LogP contribution in [0.4, 0.5) is 15.9 Å². The van der Waals surface area contributed by atoms with E-state index in [0.717, 1.165) is 35.6 Å². The number of pyridine rings is 1. The molecule has 6 heteroatoms. The summed E-state index contributed by atoms with van der Waals surface area (Å²) in [6, 6.07) is 39.0. The van der Waals surface area contributed by atoms with Crippen molar-refractivity contribution in [1.29, 1.82) is 5.41 Å². The van der Waals surface area contributed by atoms with Gasteiger partial charge < -0.3 is 15.0 Å². The number of rotatable bonds is 8. The van der Waals surface area contributed by atoms with Gasteiger partial charge in [-0.25, -0.2) is 9.37 Å². The van der Waals surface area contributed by atoms with Crippen molar-refractivity contribution in [3.05, 3.63) is 161 Å². The smallest absolute Gasteiger partial charge is 0.129 e. The van der Waals surface area contributed by atoms with E-state index in [1.54, 1.807) is 18.3 Å². The van der Waals surface area contributed by atoms with E-state index in [0.29, 0.717) is 30.0 Å². The van der Waals surface area contributed by atoms with Crippen LogP contribution in [-0.4, -0.2) is 37.0 Å². The van der Waals surface area contributed by atoms with Gasteiger partial charge >= 0.3 is 0 Å². The van der Waals surface area contributed by atoms with Crippen LogP contribution in [0.15, 0.2) is 128 Å². The molecule has 204 valence electrons. The van der Waals surface area contributed by atoms with Crippen molar-refractivity contribution >= 4 is 17.2 Å². The Balaban J connectivity index is 1.49. The van der Waals surface area contributed by atoms with Crippen molar-refractivity contribution in [1.82, 2.24) is 4.98 Å². The molecule has 41 heavy (non-hydrogen) atoms. The lowest BCUT2D eigenvalue weighted by atomic mass is 9.76. The molecule has 1 aliphatic rings. The minimum atomic E-state index is -0.812. The minimum absolute atomic E-state index is 0.215. The van der Waals surface area contributed by atoms with Crippen molar-refractivity contribution in [3.63, 3.8) is 0 Å². The number of morpholine rings is 1. The van der Waals surface area contributed by atoms with Gasteiger partial charge in [-0.05, 0) is 47.0 Å². The molecule has 1 aliphatic heterocycles. The first-order chi connectivity index (χ1) is 20.1. The molecule has 6 rings (SSSR count). The third kappa shape index (κ3) is 5.34. The Hall–Kier alpha value is -4.81. The van der Waals surface area contributed by atoms with Crippen molar-refractivity contribution in [2.75, 3.05) is 36.5 Å². The fourth-order valence-electron chi connectivity index (χ4n) is 5.51. The number of nitrogens with one attached hydrogen (secondary N) is 2. The van der Waals surface area contributed by atoms with Gasteiger partial charge in [-0.3, -0.25) is 5.41 Å². The van der Waals surface area contributed by atoms with Gasteiger partial charge in [0.05, 0.1) is 18.9 Å². The quantitative estimate of drug-likeness (QED) is 0.166. The summed E-state index contributed by atoms with van der Waals surface area (Å²) in [5, 5.41) is 13.1. The molecule has 0 bridgehead atoms. The van der Waals surface area contributed by atoms with Gasteiger partial charge in [0.25, 0.3) is 0 Å². The molecule has 1 fully saturated rings. The molecular weight excluding hydrogens is 511 g/mol. The van der Waals surface area contributed by atoms with E-state index >= 15 is 0 Å². The highest BCUT2D eigenvalue weighted by atomic mass is 19.1. The van der Waals surface area contributed by atoms with Crippen LogP contribution in [-0.2, 0) is 10.3 Å². The van der Waals surface area contributed by atoms with Gasteiger partial charge in [0, 0.05) is 36.1 Å². The molecule has 1 aromatic heterocycles. The highest BCUT2D eigenvalue weighted by Gasteiger charge is 2.37. The zero-order valence-electron chi connectivity index (χ0n) is 22.6. The topological polar surface area (TPSA) is 61.2 Å². The lowest BCUT2D eigenvalue weighted by Crippen LogP contribution is -2.38. The van der Waals surface area contributed by atoms with Crippen molar-refractivity contribution in [2.45, 2.75) is 5.54 Å². The molecule has 4 aromatic carbocycles. The van der Waals surface area contributed by atoms with E-state index in [4.69, 9.17) is 4.74 Å². The number of aromatic nitrogens is 1. The lowest BCUT2D eigenvalue weighted by molar-refractivity contribution is 0.122. The Morgan fingerprint density at radius 2 is 1.32 bits per heavy atom. The summed E-state index contributed by atoms with van der Waals surface area (Å²) >= 11 is 0. The fraction of sp³-hybridized carbons (Fsp3) is 0.143. The number of halogens is 1. The van der Waals surface area contributed by atoms with E-state index in [1.165, 1.54) is 12.1 Å². The molecule has 2 N–H and O–H groups in total. The summed E-state index contributed by atoms with van der Waals surface area (Å²) in [7, 11) is 0. The Morgan fingerprint density at radius 3 is 1.88 bits per heavy atom. The van der Waals surface area contributed by atoms with E-state index in [9.17, 15) is 9.80 Å². The van der Waals surface area contributed by atoms with Gasteiger partial charge in [0.15, 0.2) is 0 Å². The largest absolute Gasteiger partial charge is 0.378 e. The molecule has 5 aromatic rings. The maximum Gasteiger partial charge on any atom is 0.129 e. The average molecular weight is 543 g/mol. The maximum absolute atomic E-state index is 14.8. The van der Waals surface area contributed by atoms with Crippen molar-refractivity contribution < 1.29 is 9.13 Å². The van der Waals surface area contributed by atoms with E-state index in [-0.39, 0.29) is 5.71 Å². The van der Waals surface area contributed by atoms with Gasteiger partial charge in [0.1, 0.15) is 17.2 Å². The summed E-state index contributed by atoms with van der Waals surface area (Å²) < 4.78 is 20.3. The van der Waals surface area contributed by atoms with Crippen LogP contribution >= 0.6 is 0 Å². The van der Waals surface area contributed by atoms with Crippen molar-refractivity contribution in [3.8, 4) is 0 Å². The third-order valence-electron chi connectivity index (χ3n) is 7.56. The Morgan fingerprint density at radius 1 is 0.756 bits per heavy atom. The molecule has 0 atom stereocenters. The number of ether oxygens (including phenoxy) is 1. The second kappa shape index (κ2) is 11.7. The van der Waals surface area contributed by atoms with Crippen LogP contribution in [0.3, 0.4) is 0 Å². The highest BCUT2D eigenvalue weighted by molar-refractivity contribution is 6.14. The van der Waals surface area contributed by atoms with Crippen LogP contribution in [0.25, 0.3) is 0 Å². The van der Waals surface area contributed by atoms with Gasteiger partial charge in [-0.1, -0.05) is 91.0 Å². The molecule has 0 amide bonds. The number of nitrogens with zero attached hydrogens (tertiary/aromatic N) is 2. The molecule has 0 spiro atoms. The van der Waals surface area contributed by atoms with Gasteiger partial charge in [-0.15, -0.1) is 0 Å². The first-order valence-corrected chi connectivity index (χ1v) is 13.8. The van der Waals surface area contributed by atoms with Gasteiger partial charge in [-0.2, -0.15) is 0 Å². The predicted molar refractivity (Wildman–Crippen MR) is 162 cm³/mol. The summed E-state index contributed by atoms with van der Waals surface area (Å²) in [5.74, 6) is 0.385. The third-order valence-corrected chi connectivity index (χ3v) is 7.56. The Labute approximate surface area is 239 Å². The molecule has 5 nitrogen and oxygen atoms in total. The first kappa shape index (κ1) is 26.4. The summed E-state index contributed by atoms with van der Waals surface area (Å²) in [6.07, 6.45) is 1.71. The van der Waals surface area contributed by atoms with E-state index in [2.05, 4.69) is 51.6 Å². The van der Waals surface area contributed by atoms with E-state index < -0.39 is 11.4 Å². The minimum Gasteiger partial charge on any atom is -0.378 e. The SMILES string of the molecule is N=C(c1ccnc(N2CCOCC2)c1)c1cc(F)ccc1NC(c1ccccc1)(c1ccccc1)c1ccccc1. The molecule has 0 radical (unpaired) electrons. The molecule has 0 unspecified atom stereocenters. The molecule has 0 saturated carbocycles. The van der Waals surface area contributed by atoms with Crippen molar-refractivity contribution in [2.24, 2.45) is 0 Å². The first-order valence-electron chi connectivity index (χ1n) is 13.8. The second-order valence-corrected chi connectivity index (χ2v) is 10.0. The average Bonchev–Trinajstić information content (AvgIpc) is 3.05. The number of benzene rings is 4. The van der Waals surface area contributed by atoms with Crippen LogP contribution in [0.1, 0.15) is 27.8 Å². The maximum atomic E-state index is 14.8. The van der Waals surface area contributed by atoms with Crippen LogP contribution < -0.4 is 10.2 Å². The predicted octanol–water partition coefficient (Wildman–Crippen LogP) is 6.88. The number of hydrogen-bond acceptors (Lipinski definition) is 5. The number of anilines is 2. The number of hydrogen-bond donors (Lipinski definition) is 2. The lowest BCUT2D eigenvalue weighted by Gasteiger charge is -2.38. The summed E-state index contributed by atoms with van der Waals surface area (Å²) in [6.45, 7) is 2.76. The fourth-order valence-corrected chi connectivity index (χ4v) is 5.51. The molecule has 1 saturated heterocycles. The molecule has 2 heterocycles. The zero-order valence-corrected chi connectivity index (χ0v) is 22.6. The molecular formula is C35H31FN4O. The molecule has 0 aliphatic carbocycles. The second-order valence-electron chi connectivity index (χ2n) is 10.0. The Bertz CT molecular complexity index is 1520. The Kier molecular flexibility index (Phi) is 7.56.